The maximum absolute atomic E-state index is 13.5. The molecule has 104 valence electrons. The molecule has 0 bridgehead atoms. The van der Waals surface area contributed by atoms with Gasteiger partial charge in [0, 0.05) is 11.3 Å². The first-order valence-corrected chi connectivity index (χ1v) is 6.39. The second kappa shape index (κ2) is 5.51. The summed E-state index contributed by atoms with van der Waals surface area (Å²) < 4.78 is 13.5. The van der Waals surface area contributed by atoms with Crippen molar-refractivity contribution in [2.75, 3.05) is 11.1 Å². The van der Waals surface area contributed by atoms with Crippen molar-refractivity contribution >= 4 is 28.9 Å². The summed E-state index contributed by atoms with van der Waals surface area (Å²) in [5.41, 5.74) is 8.20. The smallest absolute Gasteiger partial charge is 0.255 e. The predicted molar refractivity (Wildman–Crippen MR) is 79.7 cm³/mol. The minimum absolute atomic E-state index is 0.250. The van der Waals surface area contributed by atoms with E-state index in [0.717, 1.165) is 5.56 Å². The van der Waals surface area contributed by atoms with E-state index in [0.29, 0.717) is 22.0 Å². The number of nitrogens with two attached hydrogens (primary N) is 1. The van der Waals surface area contributed by atoms with Crippen molar-refractivity contribution in [1.82, 2.24) is 0 Å². The van der Waals surface area contributed by atoms with Crippen LogP contribution in [0.1, 0.15) is 21.5 Å². The number of nitrogens with one attached hydrogen (secondary N) is 1. The van der Waals surface area contributed by atoms with Gasteiger partial charge in [0.2, 0.25) is 0 Å². The molecule has 2 aromatic rings. The highest BCUT2D eigenvalue weighted by Crippen LogP contribution is 2.27. The largest absolute Gasteiger partial charge is 0.398 e. The van der Waals surface area contributed by atoms with Crippen LogP contribution in [0.15, 0.2) is 30.3 Å². The molecule has 20 heavy (non-hydrogen) atoms. The van der Waals surface area contributed by atoms with E-state index in [9.17, 15) is 9.18 Å². The van der Waals surface area contributed by atoms with E-state index in [1.54, 1.807) is 38.1 Å². The summed E-state index contributed by atoms with van der Waals surface area (Å²) in [7, 11) is 0. The zero-order chi connectivity index (χ0) is 14.9. The summed E-state index contributed by atoms with van der Waals surface area (Å²) in [5, 5.41) is 3.06. The van der Waals surface area contributed by atoms with Gasteiger partial charge in [-0.15, -0.1) is 0 Å². The molecule has 0 aliphatic heterocycles. The van der Waals surface area contributed by atoms with Gasteiger partial charge in [0.15, 0.2) is 0 Å². The fourth-order valence-electron chi connectivity index (χ4n) is 1.77. The molecule has 2 rings (SSSR count). The van der Waals surface area contributed by atoms with Crippen molar-refractivity contribution in [2.24, 2.45) is 0 Å². The van der Waals surface area contributed by atoms with Crippen LogP contribution in [-0.4, -0.2) is 5.91 Å². The Morgan fingerprint density at radius 1 is 1.20 bits per heavy atom. The van der Waals surface area contributed by atoms with Crippen LogP contribution in [0.25, 0.3) is 0 Å². The molecule has 0 atom stereocenters. The SMILES string of the molecule is Cc1ccc(C(=O)Nc2cc(Cl)c(N)cc2C)cc1F. The van der Waals surface area contributed by atoms with Gasteiger partial charge >= 0.3 is 0 Å². The molecular weight excluding hydrogens is 279 g/mol. The minimum atomic E-state index is -0.412. The first-order chi connectivity index (χ1) is 9.38. The summed E-state index contributed by atoms with van der Waals surface area (Å²) in [6, 6.07) is 7.59. The molecule has 0 radical (unpaired) electrons. The third-order valence-electron chi connectivity index (χ3n) is 3.03. The lowest BCUT2D eigenvalue weighted by atomic mass is 10.1. The molecule has 0 spiro atoms. The van der Waals surface area contributed by atoms with Gasteiger partial charge < -0.3 is 11.1 Å². The average molecular weight is 293 g/mol. The number of rotatable bonds is 2. The Kier molecular flexibility index (Phi) is 3.95. The molecule has 0 saturated carbocycles. The van der Waals surface area contributed by atoms with Crippen LogP contribution < -0.4 is 11.1 Å². The maximum Gasteiger partial charge on any atom is 0.255 e. The third-order valence-corrected chi connectivity index (χ3v) is 3.35. The van der Waals surface area contributed by atoms with Crippen LogP contribution in [0, 0.1) is 19.7 Å². The number of benzene rings is 2. The number of hydrogen-bond acceptors (Lipinski definition) is 2. The molecule has 0 saturated heterocycles. The zero-order valence-corrected chi connectivity index (χ0v) is 11.9. The van der Waals surface area contributed by atoms with E-state index >= 15 is 0 Å². The van der Waals surface area contributed by atoms with Gasteiger partial charge in [-0.05, 0) is 49.2 Å². The molecule has 0 unspecified atom stereocenters. The van der Waals surface area contributed by atoms with Crippen LogP contribution in [0.2, 0.25) is 5.02 Å². The van der Waals surface area contributed by atoms with Crippen molar-refractivity contribution in [3.8, 4) is 0 Å². The lowest BCUT2D eigenvalue weighted by molar-refractivity contribution is 0.102. The first kappa shape index (κ1) is 14.3. The molecule has 0 aliphatic carbocycles. The lowest BCUT2D eigenvalue weighted by Gasteiger charge is -2.11. The number of halogens is 2. The molecule has 5 heteroatoms. The van der Waals surface area contributed by atoms with Gasteiger partial charge in [0.1, 0.15) is 5.82 Å². The quantitative estimate of drug-likeness (QED) is 0.824. The third kappa shape index (κ3) is 2.91. The second-order valence-electron chi connectivity index (χ2n) is 4.61. The highest BCUT2D eigenvalue weighted by atomic mass is 35.5. The van der Waals surface area contributed by atoms with Gasteiger partial charge in [0.05, 0.1) is 10.7 Å². The van der Waals surface area contributed by atoms with Crippen molar-refractivity contribution in [3.05, 3.63) is 57.9 Å². The van der Waals surface area contributed by atoms with Gasteiger partial charge in [0.25, 0.3) is 5.91 Å². The number of hydrogen-bond donors (Lipinski definition) is 2. The Labute approximate surface area is 121 Å². The summed E-state index contributed by atoms with van der Waals surface area (Å²) in [6.07, 6.45) is 0. The fourth-order valence-corrected chi connectivity index (χ4v) is 1.93. The maximum atomic E-state index is 13.5. The highest BCUT2D eigenvalue weighted by molar-refractivity contribution is 6.33. The van der Waals surface area contributed by atoms with E-state index in [2.05, 4.69) is 5.32 Å². The highest BCUT2D eigenvalue weighted by Gasteiger charge is 2.11. The Morgan fingerprint density at radius 3 is 2.55 bits per heavy atom. The average Bonchev–Trinajstić information content (AvgIpc) is 2.39. The number of anilines is 2. The molecule has 3 nitrogen and oxygen atoms in total. The van der Waals surface area contributed by atoms with Crippen LogP contribution in [0.4, 0.5) is 15.8 Å². The number of nitrogen functional groups attached to an aromatic ring is 1. The van der Waals surface area contributed by atoms with Crippen LogP contribution >= 0.6 is 11.6 Å². The molecule has 0 heterocycles. The summed E-state index contributed by atoms with van der Waals surface area (Å²) >= 11 is 5.92. The Hall–Kier alpha value is -2.07. The lowest BCUT2D eigenvalue weighted by Crippen LogP contribution is -2.13. The van der Waals surface area contributed by atoms with E-state index in [4.69, 9.17) is 17.3 Å². The number of aryl methyl sites for hydroxylation is 2. The van der Waals surface area contributed by atoms with Gasteiger partial charge in [-0.1, -0.05) is 17.7 Å². The van der Waals surface area contributed by atoms with Crippen molar-refractivity contribution < 1.29 is 9.18 Å². The van der Waals surface area contributed by atoms with E-state index in [-0.39, 0.29) is 5.56 Å². The zero-order valence-electron chi connectivity index (χ0n) is 11.1. The second-order valence-corrected chi connectivity index (χ2v) is 5.01. The van der Waals surface area contributed by atoms with Gasteiger partial charge in [-0.25, -0.2) is 4.39 Å². The molecule has 3 N–H and O–H groups in total. The normalized spacial score (nSPS) is 10.4. The van der Waals surface area contributed by atoms with Crippen molar-refractivity contribution in [1.29, 1.82) is 0 Å². The van der Waals surface area contributed by atoms with Crippen molar-refractivity contribution in [3.63, 3.8) is 0 Å². The van der Waals surface area contributed by atoms with E-state index < -0.39 is 11.7 Å². The van der Waals surface area contributed by atoms with Gasteiger partial charge in [-0.3, -0.25) is 4.79 Å². The molecule has 2 aromatic carbocycles. The Bertz CT molecular complexity index is 686. The molecule has 1 amide bonds. The Morgan fingerprint density at radius 2 is 1.90 bits per heavy atom. The summed E-state index contributed by atoms with van der Waals surface area (Å²) in [5.74, 6) is -0.808. The van der Waals surface area contributed by atoms with E-state index in [1.165, 1.54) is 6.07 Å². The molecular formula is C15H14ClFN2O. The molecule has 0 aromatic heterocycles. The van der Waals surface area contributed by atoms with Gasteiger partial charge in [-0.2, -0.15) is 0 Å². The number of carbonyl (C=O) groups excluding carboxylic acids is 1. The Balaban J connectivity index is 2.27. The number of carbonyl (C=O) groups is 1. The molecule has 0 aliphatic rings. The first-order valence-electron chi connectivity index (χ1n) is 6.01. The van der Waals surface area contributed by atoms with Crippen LogP contribution in [0.3, 0.4) is 0 Å². The summed E-state index contributed by atoms with van der Waals surface area (Å²) in [6.45, 7) is 3.44. The van der Waals surface area contributed by atoms with Crippen molar-refractivity contribution in [2.45, 2.75) is 13.8 Å². The minimum Gasteiger partial charge on any atom is -0.398 e. The monoisotopic (exact) mass is 292 g/mol. The van der Waals surface area contributed by atoms with Crippen LogP contribution in [-0.2, 0) is 0 Å². The fraction of sp³-hybridized carbons (Fsp3) is 0.133. The predicted octanol–water partition coefficient (Wildman–Crippen LogP) is 3.93. The number of amides is 1. The standard InChI is InChI=1S/C15H14ClFN2O/c1-8-3-4-10(6-12(8)17)15(20)19-14-7-11(16)13(18)5-9(14)2/h3-7H,18H2,1-2H3,(H,19,20). The van der Waals surface area contributed by atoms with Crippen LogP contribution in [0.5, 0.6) is 0 Å². The van der Waals surface area contributed by atoms with E-state index in [1.807, 2.05) is 0 Å². The topological polar surface area (TPSA) is 55.1 Å². The molecule has 0 fully saturated rings. The summed E-state index contributed by atoms with van der Waals surface area (Å²) in [4.78, 5) is 12.1.